The molecule has 0 saturated heterocycles. The second kappa shape index (κ2) is 11.6. The number of rotatable bonds is 3. The Morgan fingerprint density at radius 2 is 1.03 bits per heavy atom. The Morgan fingerprint density at radius 3 is 1.32 bits per heavy atom. The molecular weight excluding hydrogens is 446 g/mol. The van der Waals surface area contributed by atoms with Crippen LogP contribution in [0.25, 0.3) is 0 Å². The molecule has 0 aromatic heterocycles. The average Bonchev–Trinajstić information content (AvgIpc) is 2.71. The third-order valence-corrected chi connectivity index (χ3v) is 5.02. The summed E-state index contributed by atoms with van der Waals surface area (Å²) in [6.07, 6.45) is 0. The van der Waals surface area contributed by atoms with Crippen molar-refractivity contribution in [2.75, 3.05) is 5.73 Å². The lowest BCUT2D eigenvalue weighted by Crippen LogP contribution is -1.92. The van der Waals surface area contributed by atoms with Gasteiger partial charge in [-0.1, -0.05) is 35.4 Å². The predicted octanol–water partition coefficient (Wildman–Crippen LogP) is 5.00. The van der Waals surface area contributed by atoms with E-state index in [0.29, 0.717) is 0 Å². The van der Waals surface area contributed by atoms with E-state index in [4.69, 9.17) is 16.4 Å². The minimum Gasteiger partial charge on any atom is -0.399 e. The Labute approximate surface area is 183 Å². The molecule has 0 heterocycles. The molecule has 11 heteroatoms. The molecule has 0 unspecified atom stereocenters. The summed E-state index contributed by atoms with van der Waals surface area (Å²) in [4.78, 5) is 19.1. The lowest BCUT2D eigenvalue weighted by atomic mass is 10.2. The number of non-ortho nitro benzene ring substituents is 2. The fraction of sp³-hybridized carbons (Fsp3) is 0.100. The first kappa shape index (κ1) is 25.5. The van der Waals surface area contributed by atoms with Crippen molar-refractivity contribution in [3.63, 3.8) is 0 Å². The van der Waals surface area contributed by atoms with Gasteiger partial charge in [-0.05, 0) is 38.1 Å². The number of anilines is 1. The van der Waals surface area contributed by atoms with Gasteiger partial charge in [0.2, 0.25) is 0 Å². The van der Waals surface area contributed by atoms with Gasteiger partial charge in [-0.2, -0.15) is 0 Å². The quantitative estimate of drug-likeness (QED) is 0.247. The highest BCUT2D eigenvalue weighted by molar-refractivity contribution is 8.13. The molecule has 0 fully saturated rings. The second-order valence-electron chi connectivity index (χ2n) is 6.19. The molecule has 9 nitrogen and oxygen atoms in total. The molecule has 31 heavy (non-hydrogen) atoms. The molecule has 0 amide bonds. The topological polar surface area (TPSA) is 146 Å². The van der Waals surface area contributed by atoms with E-state index >= 15 is 0 Å². The molecule has 3 aromatic rings. The van der Waals surface area contributed by atoms with E-state index in [0.717, 1.165) is 35.5 Å². The van der Waals surface area contributed by atoms with Crippen molar-refractivity contribution in [1.29, 1.82) is 0 Å². The van der Waals surface area contributed by atoms with E-state index in [9.17, 15) is 28.6 Å². The van der Waals surface area contributed by atoms with Crippen LogP contribution < -0.4 is 5.73 Å². The largest absolute Gasteiger partial charge is 0.399 e. The Balaban J connectivity index is 0.000000240. The zero-order valence-electron chi connectivity index (χ0n) is 16.6. The number of nitro benzene ring substituents is 2. The molecule has 2 N–H and O–H groups in total. The van der Waals surface area contributed by atoms with Gasteiger partial charge in [-0.3, -0.25) is 20.2 Å². The first-order valence-corrected chi connectivity index (χ1v) is 10.9. The average molecular weight is 466 g/mol. The number of nitro groups is 2. The summed E-state index contributed by atoms with van der Waals surface area (Å²) >= 11 is 0. The molecule has 0 bridgehead atoms. The molecule has 0 aliphatic heterocycles. The van der Waals surface area contributed by atoms with Gasteiger partial charge in [0, 0.05) is 40.6 Å². The number of hydrogen-bond donors (Lipinski definition) is 1. The number of nitrogen functional groups attached to an aromatic ring is 1. The molecular formula is C20H20ClN3O6S. The van der Waals surface area contributed by atoms with E-state index in [1.165, 1.54) is 17.7 Å². The van der Waals surface area contributed by atoms with Crippen LogP contribution in [0, 0.1) is 34.1 Å². The van der Waals surface area contributed by atoms with E-state index in [-0.39, 0.29) is 16.3 Å². The molecule has 3 aromatic carbocycles. The van der Waals surface area contributed by atoms with Gasteiger partial charge in [0.15, 0.2) is 0 Å². The molecule has 0 aliphatic rings. The summed E-state index contributed by atoms with van der Waals surface area (Å²) in [6.45, 7) is 3.93. The number of nitrogens with two attached hydrogens (primary N) is 1. The Kier molecular flexibility index (Phi) is 9.58. The number of nitrogens with zero attached hydrogens (tertiary/aromatic N) is 2. The van der Waals surface area contributed by atoms with Crippen LogP contribution in [0.2, 0.25) is 0 Å². The highest BCUT2D eigenvalue weighted by Gasteiger charge is 2.11. The smallest absolute Gasteiger partial charge is 0.269 e. The maximum absolute atomic E-state index is 10.7. The van der Waals surface area contributed by atoms with E-state index in [1.54, 1.807) is 12.1 Å². The van der Waals surface area contributed by atoms with Crippen molar-refractivity contribution in [1.82, 2.24) is 0 Å². The normalized spacial score (nSPS) is 10.0. The van der Waals surface area contributed by atoms with Crippen LogP contribution in [0.4, 0.5) is 17.1 Å². The van der Waals surface area contributed by atoms with Gasteiger partial charge in [-0.15, -0.1) is 0 Å². The summed E-state index contributed by atoms with van der Waals surface area (Å²) < 4.78 is 21.4. The first-order valence-electron chi connectivity index (χ1n) is 8.62. The molecule has 0 atom stereocenters. The molecule has 3 rings (SSSR count). The fourth-order valence-corrected chi connectivity index (χ4v) is 2.73. The second-order valence-corrected chi connectivity index (χ2v) is 8.76. The van der Waals surface area contributed by atoms with Crippen molar-refractivity contribution >= 4 is 36.8 Å². The first-order chi connectivity index (χ1) is 14.4. The zero-order valence-corrected chi connectivity index (χ0v) is 18.2. The number of hydrogen-bond acceptors (Lipinski definition) is 7. The fourth-order valence-electron chi connectivity index (χ4n) is 1.96. The van der Waals surface area contributed by atoms with Crippen LogP contribution >= 0.6 is 10.7 Å². The summed E-state index contributed by atoms with van der Waals surface area (Å²) in [5.41, 5.74) is 8.51. The van der Waals surface area contributed by atoms with Gasteiger partial charge in [0.1, 0.15) is 0 Å². The Hall–Kier alpha value is -3.50. The van der Waals surface area contributed by atoms with Crippen LogP contribution in [0.5, 0.6) is 0 Å². The highest BCUT2D eigenvalue weighted by Crippen LogP contribution is 2.18. The molecule has 0 aliphatic carbocycles. The number of halogens is 1. The summed E-state index contributed by atoms with van der Waals surface area (Å²) in [5, 5.41) is 20.3. The molecule has 0 saturated carbocycles. The minimum atomic E-state index is -3.80. The van der Waals surface area contributed by atoms with Crippen LogP contribution in [0.1, 0.15) is 11.1 Å². The Morgan fingerprint density at radius 1 is 0.710 bits per heavy atom. The standard InChI is InChI=1S/C7H7NO2.C7H9N.C6H4ClNO4S/c1-6-2-4-7(5-3-6)8(9)10;1-6-2-4-7(8)5-3-6;7-13(11,12)6-3-1-5(2-4-6)8(9)10/h2-5H,1H3;2-5H,8H2,1H3;1-4H. The lowest BCUT2D eigenvalue weighted by molar-refractivity contribution is -0.385. The van der Waals surface area contributed by atoms with Gasteiger partial charge in [0.05, 0.1) is 14.7 Å². The highest BCUT2D eigenvalue weighted by atomic mass is 35.7. The van der Waals surface area contributed by atoms with Gasteiger partial charge >= 0.3 is 0 Å². The third kappa shape index (κ3) is 9.70. The Bertz CT molecular complexity index is 1100. The van der Waals surface area contributed by atoms with Crippen LogP contribution in [0.15, 0.2) is 77.7 Å². The van der Waals surface area contributed by atoms with Crippen LogP contribution in [-0.4, -0.2) is 18.3 Å². The SMILES string of the molecule is Cc1ccc(N)cc1.Cc1ccc([N+](=O)[O-])cc1.O=[N+]([O-])c1ccc(S(=O)(=O)Cl)cc1. The summed E-state index contributed by atoms with van der Waals surface area (Å²) in [6, 6.07) is 18.5. The molecule has 164 valence electrons. The monoisotopic (exact) mass is 465 g/mol. The number of benzene rings is 3. The maximum Gasteiger partial charge on any atom is 0.269 e. The lowest BCUT2D eigenvalue weighted by Gasteiger charge is -1.94. The maximum atomic E-state index is 10.7. The van der Waals surface area contributed by atoms with E-state index < -0.39 is 18.9 Å². The van der Waals surface area contributed by atoms with Gasteiger partial charge < -0.3 is 5.73 Å². The van der Waals surface area contributed by atoms with Crippen LogP contribution in [-0.2, 0) is 9.05 Å². The van der Waals surface area contributed by atoms with Crippen molar-refractivity contribution in [2.45, 2.75) is 18.7 Å². The van der Waals surface area contributed by atoms with Crippen molar-refractivity contribution in [2.24, 2.45) is 0 Å². The predicted molar refractivity (Wildman–Crippen MR) is 120 cm³/mol. The number of aryl methyl sites for hydroxylation is 2. The summed E-state index contributed by atoms with van der Waals surface area (Å²) in [5.74, 6) is 0. The zero-order chi connectivity index (χ0) is 23.6. The summed E-state index contributed by atoms with van der Waals surface area (Å²) in [7, 11) is 1.20. The molecule has 0 spiro atoms. The van der Waals surface area contributed by atoms with E-state index in [2.05, 4.69) is 0 Å². The molecule has 0 radical (unpaired) electrons. The minimum absolute atomic E-state index is 0.144. The third-order valence-electron chi connectivity index (χ3n) is 3.65. The van der Waals surface area contributed by atoms with Gasteiger partial charge in [-0.25, -0.2) is 8.42 Å². The van der Waals surface area contributed by atoms with Crippen molar-refractivity contribution in [3.8, 4) is 0 Å². The van der Waals surface area contributed by atoms with E-state index in [1.807, 2.05) is 38.1 Å². The van der Waals surface area contributed by atoms with Gasteiger partial charge in [0.25, 0.3) is 20.4 Å². The van der Waals surface area contributed by atoms with Crippen LogP contribution in [0.3, 0.4) is 0 Å². The van der Waals surface area contributed by atoms with Crippen molar-refractivity contribution < 1.29 is 18.3 Å². The van der Waals surface area contributed by atoms with Crippen molar-refractivity contribution in [3.05, 3.63) is 104 Å².